The standard InChI is InChI=1S/C15H19ClN2S/c1-9-6-11(15(3,4)5)7-10(2)12(9)8-13-17-14(16)19-18-13/h6-7H,8H2,1-5H3. The summed E-state index contributed by atoms with van der Waals surface area (Å²) in [6.07, 6.45) is 0.755. The van der Waals surface area contributed by atoms with Crippen LogP contribution < -0.4 is 0 Å². The van der Waals surface area contributed by atoms with Gasteiger partial charge in [-0.3, -0.25) is 0 Å². The molecule has 19 heavy (non-hydrogen) atoms. The molecule has 2 nitrogen and oxygen atoms in total. The quantitative estimate of drug-likeness (QED) is 0.802. The van der Waals surface area contributed by atoms with Crippen LogP contribution in [0.1, 0.15) is 48.8 Å². The van der Waals surface area contributed by atoms with Crippen molar-refractivity contribution in [3.63, 3.8) is 0 Å². The summed E-state index contributed by atoms with van der Waals surface area (Å²) in [7, 11) is 0. The van der Waals surface area contributed by atoms with Gasteiger partial charge in [0.15, 0.2) is 0 Å². The Kier molecular flexibility index (Phi) is 3.98. The van der Waals surface area contributed by atoms with E-state index in [1.165, 1.54) is 33.8 Å². The van der Waals surface area contributed by atoms with Gasteiger partial charge in [-0.2, -0.15) is 4.37 Å². The number of benzene rings is 1. The van der Waals surface area contributed by atoms with E-state index in [-0.39, 0.29) is 5.41 Å². The van der Waals surface area contributed by atoms with Gasteiger partial charge in [0, 0.05) is 6.42 Å². The van der Waals surface area contributed by atoms with E-state index in [1.807, 2.05) is 0 Å². The number of hydrogen-bond acceptors (Lipinski definition) is 3. The maximum absolute atomic E-state index is 5.84. The van der Waals surface area contributed by atoms with Crippen molar-refractivity contribution in [3.05, 3.63) is 44.7 Å². The van der Waals surface area contributed by atoms with E-state index in [2.05, 4.69) is 56.1 Å². The number of halogens is 1. The van der Waals surface area contributed by atoms with Crippen molar-refractivity contribution in [2.24, 2.45) is 0 Å². The number of aromatic nitrogens is 2. The average molecular weight is 295 g/mol. The molecular formula is C15H19ClN2S. The number of nitrogens with zero attached hydrogens (tertiary/aromatic N) is 2. The van der Waals surface area contributed by atoms with Crippen LogP contribution in [0, 0.1) is 13.8 Å². The highest BCUT2D eigenvalue weighted by atomic mass is 35.5. The van der Waals surface area contributed by atoms with Crippen molar-refractivity contribution < 1.29 is 0 Å². The molecule has 1 aromatic heterocycles. The first-order valence-corrected chi connectivity index (χ1v) is 7.51. The molecule has 1 heterocycles. The molecule has 1 aromatic carbocycles. The van der Waals surface area contributed by atoms with Crippen LogP contribution in [0.25, 0.3) is 0 Å². The molecule has 2 aromatic rings. The summed E-state index contributed by atoms with van der Waals surface area (Å²) >= 11 is 7.08. The second-order valence-corrected chi connectivity index (χ2v) is 7.31. The predicted octanol–water partition coefficient (Wildman–Crippen LogP) is 4.70. The van der Waals surface area contributed by atoms with Gasteiger partial charge in [0.05, 0.1) is 0 Å². The van der Waals surface area contributed by atoms with Crippen molar-refractivity contribution in [1.29, 1.82) is 0 Å². The lowest BCUT2D eigenvalue weighted by Gasteiger charge is -2.22. The molecule has 0 saturated carbocycles. The van der Waals surface area contributed by atoms with Crippen molar-refractivity contribution in [2.75, 3.05) is 0 Å². The van der Waals surface area contributed by atoms with Crippen LogP contribution in [0.3, 0.4) is 0 Å². The molecule has 0 spiro atoms. The molecule has 0 atom stereocenters. The number of aryl methyl sites for hydroxylation is 2. The summed E-state index contributed by atoms with van der Waals surface area (Å²) in [5.74, 6) is 0.810. The van der Waals surface area contributed by atoms with Crippen LogP contribution in [0.4, 0.5) is 0 Å². The molecule has 2 rings (SSSR count). The van der Waals surface area contributed by atoms with Gasteiger partial charge in [0.1, 0.15) is 5.82 Å². The fraction of sp³-hybridized carbons (Fsp3) is 0.467. The lowest BCUT2D eigenvalue weighted by Crippen LogP contribution is -2.12. The molecule has 0 bridgehead atoms. The van der Waals surface area contributed by atoms with E-state index >= 15 is 0 Å². The van der Waals surface area contributed by atoms with Gasteiger partial charge in [-0.25, -0.2) is 4.98 Å². The third-order valence-corrected chi connectivity index (χ3v) is 4.18. The molecular weight excluding hydrogens is 276 g/mol. The summed E-state index contributed by atoms with van der Waals surface area (Å²) in [4.78, 5) is 4.23. The highest BCUT2D eigenvalue weighted by Gasteiger charge is 2.17. The fourth-order valence-corrected chi connectivity index (χ4v) is 2.80. The maximum atomic E-state index is 5.84. The second-order valence-electron chi connectivity index (χ2n) is 5.98. The minimum Gasteiger partial charge on any atom is -0.208 e. The van der Waals surface area contributed by atoms with Crippen molar-refractivity contribution >= 4 is 23.1 Å². The van der Waals surface area contributed by atoms with E-state index in [4.69, 9.17) is 11.6 Å². The Morgan fingerprint density at radius 2 is 1.74 bits per heavy atom. The van der Waals surface area contributed by atoms with Gasteiger partial charge in [-0.15, -0.1) is 0 Å². The van der Waals surface area contributed by atoms with Gasteiger partial charge < -0.3 is 0 Å². The highest BCUT2D eigenvalue weighted by Crippen LogP contribution is 2.28. The van der Waals surface area contributed by atoms with E-state index in [0.717, 1.165) is 12.2 Å². The second kappa shape index (κ2) is 5.22. The first kappa shape index (κ1) is 14.5. The minimum atomic E-state index is 0.177. The Morgan fingerprint density at radius 3 is 2.16 bits per heavy atom. The molecule has 102 valence electrons. The monoisotopic (exact) mass is 294 g/mol. The lowest BCUT2D eigenvalue weighted by molar-refractivity contribution is 0.588. The summed E-state index contributed by atoms with van der Waals surface area (Å²) in [6.45, 7) is 11.0. The van der Waals surface area contributed by atoms with E-state index in [9.17, 15) is 0 Å². The Balaban J connectivity index is 2.37. The largest absolute Gasteiger partial charge is 0.208 e. The number of rotatable bonds is 2. The SMILES string of the molecule is Cc1cc(C(C)(C)C)cc(C)c1Cc1nsc(Cl)n1. The summed E-state index contributed by atoms with van der Waals surface area (Å²) < 4.78 is 4.77. The third-order valence-electron chi connectivity index (χ3n) is 3.34. The molecule has 0 radical (unpaired) electrons. The van der Waals surface area contributed by atoms with Gasteiger partial charge in [0.25, 0.3) is 0 Å². The molecule has 4 heteroatoms. The zero-order chi connectivity index (χ0) is 14.2. The topological polar surface area (TPSA) is 25.8 Å². The summed E-state index contributed by atoms with van der Waals surface area (Å²) in [5.41, 5.74) is 5.46. The normalized spacial score (nSPS) is 11.9. The molecule has 0 aliphatic rings. The van der Waals surface area contributed by atoms with Gasteiger partial charge in [-0.1, -0.05) is 32.9 Å². The molecule has 0 saturated heterocycles. The molecule has 0 fully saturated rings. The summed E-state index contributed by atoms with van der Waals surface area (Å²) in [5, 5.41) is 0. The molecule has 0 amide bonds. The molecule has 0 unspecified atom stereocenters. The van der Waals surface area contributed by atoms with Crippen LogP contribution in [-0.2, 0) is 11.8 Å². The first-order valence-electron chi connectivity index (χ1n) is 6.36. The van der Waals surface area contributed by atoms with E-state index in [1.54, 1.807) is 0 Å². The van der Waals surface area contributed by atoms with Gasteiger partial charge in [-0.05, 0) is 64.6 Å². The average Bonchev–Trinajstić information content (AvgIpc) is 2.68. The smallest absolute Gasteiger partial charge is 0.203 e. The van der Waals surface area contributed by atoms with E-state index in [0.29, 0.717) is 4.47 Å². The van der Waals surface area contributed by atoms with Crippen molar-refractivity contribution in [3.8, 4) is 0 Å². The Labute approximate surface area is 124 Å². The Bertz CT molecular complexity index is 573. The van der Waals surface area contributed by atoms with Crippen LogP contribution in [0.2, 0.25) is 4.47 Å². The molecule has 0 aliphatic carbocycles. The number of hydrogen-bond donors (Lipinski definition) is 0. The van der Waals surface area contributed by atoms with Crippen molar-refractivity contribution in [2.45, 2.75) is 46.5 Å². The zero-order valence-electron chi connectivity index (χ0n) is 12.0. The Morgan fingerprint density at radius 1 is 1.16 bits per heavy atom. The molecule has 0 aliphatic heterocycles. The third kappa shape index (κ3) is 3.34. The highest BCUT2D eigenvalue weighted by molar-refractivity contribution is 7.10. The van der Waals surface area contributed by atoms with Crippen LogP contribution in [0.5, 0.6) is 0 Å². The van der Waals surface area contributed by atoms with Gasteiger partial charge >= 0.3 is 0 Å². The predicted molar refractivity (Wildman–Crippen MR) is 82.3 cm³/mol. The maximum Gasteiger partial charge on any atom is 0.203 e. The van der Waals surface area contributed by atoms with Gasteiger partial charge in [0.2, 0.25) is 4.47 Å². The summed E-state index contributed by atoms with van der Waals surface area (Å²) in [6, 6.07) is 4.55. The van der Waals surface area contributed by atoms with Crippen LogP contribution in [-0.4, -0.2) is 9.36 Å². The van der Waals surface area contributed by atoms with Crippen molar-refractivity contribution in [1.82, 2.24) is 9.36 Å². The lowest BCUT2D eigenvalue weighted by atomic mass is 9.83. The van der Waals surface area contributed by atoms with E-state index < -0.39 is 0 Å². The minimum absolute atomic E-state index is 0.177. The zero-order valence-corrected chi connectivity index (χ0v) is 13.6. The molecule has 0 N–H and O–H groups in total. The first-order chi connectivity index (χ1) is 8.77. The Hall–Kier alpha value is -0.930. The van der Waals surface area contributed by atoms with Crippen LogP contribution >= 0.6 is 23.1 Å². The fourth-order valence-electron chi connectivity index (χ4n) is 2.17. The van der Waals surface area contributed by atoms with Crippen LogP contribution in [0.15, 0.2) is 12.1 Å².